The van der Waals surface area contributed by atoms with Crippen LogP contribution in [-0.4, -0.2) is 29.4 Å². The van der Waals surface area contributed by atoms with Gasteiger partial charge in [0.15, 0.2) is 0 Å². The monoisotopic (exact) mass is 358 g/mol. The van der Waals surface area contributed by atoms with Crippen molar-refractivity contribution in [3.63, 3.8) is 0 Å². The third-order valence-electron chi connectivity index (χ3n) is 3.90. The topological polar surface area (TPSA) is 37.2 Å². The summed E-state index contributed by atoms with van der Waals surface area (Å²) in [5.74, 6) is 0. The van der Waals surface area contributed by atoms with Crippen molar-refractivity contribution in [2.75, 3.05) is 13.6 Å². The van der Waals surface area contributed by atoms with E-state index in [1.807, 2.05) is 37.5 Å². The predicted molar refractivity (Wildman–Crippen MR) is 94.2 cm³/mol. The van der Waals surface area contributed by atoms with Crippen LogP contribution in [0.5, 0.6) is 0 Å². The average Bonchev–Trinajstić information content (AvgIpc) is 2.92. The first-order valence-electron chi connectivity index (χ1n) is 7.34. The van der Waals surface area contributed by atoms with Gasteiger partial charge >= 0.3 is 0 Å². The Morgan fingerprint density at radius 2 is 1.91 bits per heavy atom. The Labute approximate surface area is 138 Å². The van der Waals surface area contributed by atoms with E-state index in [4.69, 9.17) is 0 Å². The molecule has 2 unspecified atom stereocenters. The largest absolute Gasteiger partial charge is 0.389 e. The molecule has 0 saturated carbocycles. The highest BCUT2D eigenvalue weighted by atomic mass is 79.9. The van der Waals surface area contributed by atoms with Crippen molar-refractivity contribution in [2.24, 2.45) is 0 Å². The van der Waals surface area contributed by atoms with Crippen molar-refractivity contribution >= 4 is 26.8 Å². The first-order valence-corrected chi connectivity index (χ1v) is 8.13. The van der Waals surface area contributed by atoms with Crippen molar-refractivity contribution in [2.45, 2.75) is 12.1 Å². The number of aliphatic hydroxyl groups excluding tert-OH is 1. The Bertz CT molecular complexity index is 754. The molecule has 4 heteroatoms. The average molecular weight is 359 g/mol. The van der Waals surface area contributed by atoms with E-state index in [1.165, 1.54) is 0 Å². The van der Waals surface area contributed by atoms with Crippen LogP contribution in [0.15, 0.2) is 65.3 Å². The summed E-state index contributed by atoms with van der Waals surface area (Å²) in [5.41, 5.74) is 2.22. The number of halogens is 1. The summed E-state index contributed by atoms with van der Waals surface area (Å²) in [5, 5.41) is 14.9. The van der Waals surface area contributed by atoms with Gasteiger partial charge in [-0.1, -0.05) is 46.3 Å². The second-order valence-electron chi connectivity index (χ2n) is 5.41. The summed E-state index contributed by atoms with van der Waals surface area (Å²) in [6.07, 6.45) is 1.54. The third-order valence-corrected chi connectivity index (χ3v) is 4.39. The second kappa shape index (κ2) is 6.65. The van der Waals surface area contributed by atoms with Gasteiger partial charge in [-0.05, 0) is 36.9 Å². The highest BCUT2D eigenvalue weighted by Crippen LogP contribution is 2.29. The minimum Gasteiger partial charge on any atom is -0.389 e. The standard InChI is InChI=1S/C18H19BrN2O/c1-20-12-17(22)18(13-5-3-2-4-6-13)21-10-9-14-11-15(19)7-8-16(14)21/h2-11,17-18,20,22H,12H2,1H3. The first kappa shape index (κ1) is 15.3. The Balaban J connectivity index is 2.11. The van der Waals surface area contributed by atoms with Crippen molar-refractivity contribution in [1.82, 2.24) is 9.88 Å². The van der Waals surface area contributed by atoms with Gasteiger partial charge in [0.25, 0.3) is 0 Å². The molecule has 3 nitrogen and oxygen atoms in total. The lowest BCUT2D eigenvalue weighted by atomic mass is 10.0. The molecule has 114 valence electrons. The lowest BCUT2D eigenvalue weighted by molar-refractivity contribution is 0.132. The van der Waals surface area contributed by atoms with Gasteiger partial charge in [-0.15, -0.1) is 0 Å². The molecule has 0 aliphatic carbocycles. The maximum absolute atomic E-state index is 10.7. The molecule has 0 fully saturated rings. The van der Waals surface area contributed by atoms with Crippen LogP contribution in [0.1, 0.15) is 11.6 Å². The van der Waals surface area contributed by atoms with Crippen LogP contribution in [0.3, 0.4) is 0 Å². The molecule has 3 aromatic rings. The van der Waals surface area contributed by atoms with E-state index in [9.17, 15) is 5.11 Å². The van der Waals surface area contributed by atoms with E-state index in [1.54, 1.807) is 0 Å². The van der Waals surface area contributed by atoms with Gasteiger partial charge in [-0.2, -0.15) is 0 Å². The van der Waals surface area contributed by atoms with Crippen LogP contribution >= 0.6 is 15.9 Å². The number of aliphatic hydroxyl groups is 1. The third kappa shape index (κ3) is 2.95. The summed E-state index contributed by atoms with van der Waals surface area (Å²) in [4.78, 5) is 0. The van der Waals surface area contributed by atoms with Crippen LogP contribution in [0, 0.1) is 0 Å². The summed E-state index contributed by atoms with van der Waals surface area (Å²) >= 11 is 3.51. The Morgan fingerprint density at radius 1 is 1.14 bits per heavy atom. The molecular weight excluding hydrogens is 340 g/mol. The van der Waals surface area contributed by atoms with Gasteiger partial charge < -0.3 is 15.0 Å². The number of fused-ring (bicyclic) bond motifs is 1. The van der Waals surface area contributed by atoms with Gasteiger partial charge in [-0.3, -0.25) is 0 Å². The molecule has 0 aliphatic rings. The number of nitrogens with zero attached hydrogens (tertiary/aromatic N) is 1. The Kier molecular flexibility index (Phi) is 4.62. The fourth-order valence-corrected chi connectivity index (χ4v) is 3.30. The maximum atomic E-state index is 10.7. The molecule has 0 bridgehead atoms. The van der Waals surface area contributed by atoms with E-state index in [2.05, 4.69) is 56.1 Å². The Hall–Kier alpha value is -1.62. The number of nitrogens with one attached hydrogen (secondary N) is 1. The van der Waals surface area contributed by atoms with E-state index in [0.717, 1.165) is 20.9 Å². The summed E-state index contributed by atoms with van der Waals surface area (Å²) < 4.78 is 3.21. The molecule has 1 heterocycles. The van der Waals surface area contributed by atoms with E-state index in [0.29, 0.717) is 6.54 Å². The Morgan fingerprint density at radius 3 is 2.64 bits per heavy atom. The number of hydrogen-bond acceptors (Lipinski definition) is 2. The van der Waals surface area contributed by atoms with E-state index >= 15 is 0 Å². The molecule has 0 aliphatic heterocycles. The molecule has 0 amide bonds. The van der Waals surface area contributed by atoms with Crippen LogP contribution in [0.25, 0.3) is 10.9 Å². The smallest absolute Gasteiger partial charge is 0.0912 e. The van der Waals surface area contributed by atoms with Gasteiger partial charge in [-0.25, -0.2) is 0 Å². The van der Waals surface area contributed by atoms with Crippen molar-refractivity contribution in [3.8, 4) is 0 Å². The molecule has 1 aromatic heterocycles. The maximum Gasteiger partial charge on any atom is 0.0912 e. The zero-order valence-electron chi connectivity index (χ0n) is 12.4. The van der Waals surface area contributed by atoms with Crippen LogP contribution in [0.2, 0.25) is 0 Å². The minimum absolute atomic E-state index is 0.118. The van der Waals surface area contributed by atoms with Crippen molar-refractivity contribution in [3.05, 3.63) is 70.8 Å². The fourth-order valence-electron chi connectivity index (χ4n) is 2.92. The molecular formula is C18H19BrN2O. The number of aromatic nitrogens is 1. The fraction of sp³-hybridized carbons (Fsp3) is 0.222. The van der Waals surface area contributed by atoms with Crippen molar-refractivity contribution in [1.29, 1.82) is 0 Å². The second-order valence-corrected chi connectivity index (χ2v) is 6.32. The van der Waals surface area contributed by atoms with Crippen molar-refractivity contribution < 1.29 is 5.11 Å². The quantitative estimate of drug-likeness (QED) is 0.731. The van der Waals surface area contributed by atoms with E-state index < -0.39 is 6.10 Å². The summed E-state index contributed by atoms with van der Waals surface area (Å²) in [6.45, 7) is 0.537. The molecule has 22 heavy (non-hydrogen) atoms. The zero-order chi connectivity index (χ0) is 15.5. The number of benzene rings is 2. The normalized spacial score (nSPS) is 14.1. The molecule has 0 saturated heterocycles. The minimum atomic E-state index is -0.508. The van der Waals surface area contributed by atoms with Crippen LogP contribution in [0.4, 0.5) is 0 Å². The first-order chi connectivity index (χ1) is 10.7. The van der Waals surface area contributed by atoms with Gasteiger partial charge in [0.1, 0.15) is 0 Å². The van der Waals surface area contributed by atoms with Gasteiger partial charge in [0.05, 0.1) is 12.1 Å². The zero-order valence-corrected chi connectivity index (χ0v) is 14.0. The number of likely N-dealkylation sites (N-methyl/N-ethyl adjacent to an activating group) is 1. The molecule has 2 N–H and O–H groups in total. The number of rotatable bonds is 5. The van der Waals surface area contributed by atoms with Crippen LogP contribution < -0.4 is 5.32 Å². The lowest BCUT2D eigenvalue weighted by Gasteiger charge is -2.26. The SMILES string of the molecule is CNCC(O)C(c1ccccc1)n1ccc2cc(Br)ccc21. The molecule has 0 spiro atoms. The van der Waals surface area contributed by atoms with Gasteiger partial charge in [0.2, 0.25) is 0 Å². The predicted octanol–water partition coefficient (Wildman–Crippen LogP) is 3.57. The molecule has 0 radical (unpaired) electrons. The highest BCUT2D eigenvalue weighted by molar-refractivity contribution is 9.10. The molecule has 2 aromatic carbocycles. The molecule has 2 atom stereocenters. The van der Waals surface area contributed by atoms with E-state index in [-0.39, 0.29) is 6.04 Å². The van der Waals surface area contributed by atoms with Crippen LogP contribution in [-0.2, 0) is 0 Å². The van der Waals surface area contributed by atoms with Gasteiger partial charge in [0, 0.05) is 28.1 Å². The summed E-state index contributed by atoms with van der Waals surface area (Å²) in [6, 6.07) is 18.3. The number of hydrogen-bond donors (Lipinski definition) is 2. The summed E-state index contributed by atoms with van der Waals surface area (Å²) in [7, 11) is 1.86. The lowest BCUT2D eigenvalue weighted by Crippen LogP contribution is -2.33. The highest BCUT2D eigenvalue weighted by Gasteiger charge is 2.23. The molecule has 3 rings (SSSR count).